The fourth-order valence-corrected chi connectivity index (χ4v) is 6.62. The number of ether oxygens (including phenoxy) is 2. The Morgan fingerprint density at radius 1 is 0.439 bits per heavy atom. The molecule has 0 aromatic heterocycles. The van der Waals surface area contributed by atoms with E-state index in [0.717, 1.165) is 64.2 Å². The Kier molecular flexibility index (Phi) is 47.6. The molecule has 0 spiro atoms. The molecule has 0 fully saturated rings. The fourth-order valence-electron chi connectivity index (χ4n) is 6.62. The van der Waals surface area contributed by atoms with Gasteiger partial charge in [-0.2, -0.15) is 0 Å². The first-order chi connectivity index (χ1) is 28.2. The quantitative estimate of drug-likeness (QED) is 0.0379. The highest BCUT2D eigenvalue weighted by atomic mass is 16.6. The highest BCUT2D eigenvalue weighted by Crippen LogP contribution is 2.14. The van der Waals surface area contributed by atoms with E-state index in [2.05, 4.69) is 98.9 Å². The van der Waals surface area contributed by atoms with Crippen LogP contribution < -0.4 is 0 Å². The van der Waals surface area contributed by atoms with Gasteiger partial charge in [-0.1, -0.05) is 208 Å². The van der Waals surface area contributed by atoms with Gasteiger partial charge in [0.05, 0.1) is 13.2 Å². The topological polar surface area (TPSA) is 55.8 Å². The van der Waals surface area contributed by atoms with Gasteiger partial charge in [0.1, 0.15) is 6.10 Å². The summed E-state index contributed by atoms with van der Waals surface area (Å²) in [6.07, 6.45) is 69.5. The summed E-state index contributed by atoms with van der Waals surface area (Å²) in [5, 5.41) is 9.63. The van der Waals surface area contributed by atoms with E-state index in [9.17, 15) is 9.90 Å². The summed E-state index contributed by atoms with van der Waals surface area (Å²) in [5.74, 6) is -0.243. The van der Waals surface area contributed by atoms with Crippen molar-refractivity contribution in [1.82, 2.24) is 0 Å². The molecule has 0 heterocycles. The molecule has 328 valence electrons. The summed E-state index contributed by atoms with van der Waals surface area (Å²) in [4.78, 5) is 12.2. The van der Waals surface area contributed by atoms with E-state index < -0.39 is 6.10 Å². The smallest absolute Gasteiger partial charge is 0.306 e. The molecule has 0 aliphatic rings. The van der Waals surface area contributed by atoms with Gasteiger partial charge >= 0.3 is 5.97 Å². The van der Waals surface area contributed by atoms with Crippen LogP contribution in [0.5, 0.6) is 0 Å². The minimum atomic E-state index is -0.563. The van der Waals surface area contributed by atoms with Crippen LogP contribution in [0.25, 0.3) is 0 Å². The molecule has 1 atom stereocenters. The van der Waals surface area contributed by atoms with E-state index in [0.29, 0.717) is 13.0 Å². The van der Waals surface area contributed by atoms with Crippen molar-refractivity contribution in [3.8, 4) is 0 Å². The third-order valence-electron chi connectivity index (χ3n) is 10.2. The first-order valence-electron chi connectivity index (χ1n) is 24.2. The molecule has 0 aliphatic carbocycles. The van der Waals surface area contributed by atoms with Crippen molar-refractivity contribution in [2.75, 3.05) is 19.8 Å². The van der Waals surface area contributed by atoms with E-state index in [1.165, 1.54) is 135 Å². The summed E-state index contributed by atoms with van der Waals surface area (Å²) in [6, 6.07) is 0. The number of aliphatic hydroxyl groups excluding tert-OH is 1. The monoisotopic (exact) mass is 793 g/mol. The Morgan fingerprint density at radius 2 is 0.789 bits per heavy atom. The van der Waals surface area contributed by atoms with Gasteiger partial charge < -0.3 is 14.6 Å². The highest BCUT2D eigenvalue weighted by molar-refractivity contribution is 5.69. The van der Waals surface area contributed by atoms with Gasteiger partial charge in [0.2, 0.25) is 0 Å². The van der Waals surface area contributed by atoms with Crippen molar-refractivity contribution in [3.05, 3.63) is 85.1 Å². The van der Waals surface area contributed by atoms with Crippen LogP contribution in [-0.2, 0) is 14.3 Å². The molecule has 0 saturated heterocycles. The molecule has 1 unspecified atom stereocenters. The molecule has 4 nitrogen and oxygen atoms in total. The summed E-state index contributed by atoms with van der Waals surface area (Å²) in [7, 11) is 0. The molecule has 0 bridgehead atoms. The molecule has 57 heavy (non-hydrogen) atoms. The number of carbonyl (C=O) groups excluding carboxylic acids is 1. The number of aliphatic hydroxyl groups is 1. The zero-order valence-electron chi connectivity index (χ0n) is 37.6. The van der Waals surface area contributed by atoms with E-state index in [1.54, 1.807) is 0 Å². The van der Waals surface area contributed by atoms with E-state index in [4.69, 9.17) is 9.47 Å². The van der Waals surface area contributed by atoms with Crippen LogP contribution in [0, 0.1) is 0 Å². The van der Waals surface area contributed by atoms with Gasteiger partial charge in [-0.25, -0.2) is 0 Å². The van der Waals surface area contributed by atoms with Crippen LogP contribution in [0.3, 0.4) is 0 Å². The average Bonchev–Trinajstić information content (AvgIpc) is 3.22. The Balaban J connectivity index is 3.50. The third kappa shape index (κ3) is 47.8. The predicted molar refractivity (Wildman–Crippen MR) is 251 cm³/mol. The average molecular weight is 793 g/mol. The molecule has 0 saturated carbocycles. The van der Waals surface area contributed by atoms with Crippen molar-refractivity contribution in [1.29, 1.82) is 0 Å². The molecular formula is C53H92O4. The van der Waals surface area contributed by atoms with Crippen LogP contribution in [-0.4, -0.2) is 37.0 Å². The molecule has 0 aliphatic heterocycles. The second kappa shape index (κ2) is 49.7. The zero-order chi connectivity index (χ0) is 41.2. The maximum absolute atomic E-state index is 12.2. The lowest BCUT2D eigenvalue weighted by Gasteiger charge is -2.15. The fraction of sp³-hybridized carbons (Fsp3) is 0.717. The summed E-state index contributed by atoms with van der Waals surface area (Å²) in [6.45, 7) is 5.19. The second-order valence-electron chi connectivity index (χ2n) is 15.8. The Bertz CT molecular complexity index is 1020. The summed E-state index contributed by atoms with van der Waals surface area (Å²) >= 11 is 0. The second-order valence-corrected chi connectivity index (χ2v) is 15.8. The molecular weight excluding hydrogens is 701 g/mol. The lowest BCUT2D eigenvalue weighted by molar-refractivity contribution is -0.154. The minimum Gasteiger partial charge on any atom is -0.457 e. The maximum atomic E-state index is 12.2. The molecule has 0 amide bonds. The number of hydrogen-bond donors (Lipinski definition) is 1. The van der Waals surface area contributed by atoms with Crippen molar-refractivity contribution < 1.29 is 19.4 Å². The van der Waals surface area contributed by atoms with Crippen LogP contribution >= 0.6 is 0 Å². The van der Waals surface area contributed by atoms with E-state index in [1.807, 2.05) is 0 Å². The van der Waals surface area contributed by atoms with Crippen molar-refractivity contribution in [3.63, 3.8) is 0 Å². The Hall–Kier alpha value is -2.43. The van der Waals surface area contributed by atoms with Gasteiger partial charge in [-0.3, -0.25) is 4.79 Å². The standard InChI is InChI=1S/C53H92O4/c1-3-5-7-9-11-13-15-17-19-21-23-25-26-27-29-31-33-35-37-39-41-43-45-47-49-56-51-52(50-54)57-53(55)48-46-44-42-40-38-36-34-32-30-28-24-22-20-18-16-14-12-10-8-6-4-2/h6,8,12,14,18,20-21,23-24,28,32,34,38,40,52,54H,3-5,7,9-11,13,15-17,19,22,25-27,29-31,33,35-37,39,41-51H2,1-2H3/b8-6-,14-12-,20-18-,23-21-,28-24-,34-32-,40-38-. The molecule has 0 aromatic carbocycles. The van der Waals surface area contributed by atoms with Crippen LogP contribution in [0.1, 0.15) is 219 Å². The zero-order valence-corrected chi connectivity index (χ0v) is 37.6. The molecule has 0 rings (SSSR count). The lowest BCUT2D eigenvalue weighted by atomic mass is 10.0. The number of hydrogen-bond acceptors (Lipinski definition) is 4. The molecule has 0 aromatic rings. The normalized spacial score (nSPS) is 13.1. The lowest BCUT2D eigenvalue weighted by Crippen LogP contribution is -2.27. The van der Waals surface area contributed by atoms with Crippen LogP contribution in [0.4, 0.5) is 0 Å². The maximum Gasteiger partial charge on any atom is 0.306 e. The van der Waals surface area contributed by atoms with Crippen molar-refractivity contribution in [2.24, 2.45) is 0 Å². The van der Waals surface area contributed by atoms with Crippen molar-refractivity contribution >= 4 is 5.97 Å². The minimum absolute atomic E-state index is 0.193. The first-order valence-corrected chi connectivity index (χ1v) is 24.2. The predicted octanol–water partition coefficient (Wildman–Crippen LogP) is 16.3. The van der Waals surface area contributed by atoms with Gasteiger partial charge in [0.25, 0.3) is 0 Å². The highest BCUT2D eigenvalue weighted by Gasteiger charge is 2.13. The largest absolute Gasteiger partial charge is 0.457 e. The molecule has 4 heteroatoms. The van der Waals surface area contributed by atoms with Crippen molar-refractivity contribution in [2.45, 2.75) is 225 Å². The summed E-state index contributed by atoms with van der Waals surface area (Å²) < 4.78 is 11.2. The van der Waals surface area contributed by atoms with E-state index >= 15 is 0 Å². The van der Waals surface area contributed by atoms with Gasteiger partial charge in [0, 0.05) is 13.0 Å². The first kappa shape index (κ1) is 54.6. The van der Waals surface area contributed by atoms with Crippen LogP contribution in [0.15, 0.2) is 85.1 Å². The van der Waals surface area contributed by atoms with E-state index in [-0.39, 0.29) is 19.2 Å². The Labute approximate surface area is 354 Å². The summed E-state index contributed by atoms with van der Waals surface area (Å²) in [5.41, 5.74) is 0. The number of rotatable bonds is 44. The number of carbonyl (C=O) groups is 1. The number of unbranched alkanes of at least 4 members (excludes halogenated alkanes) is 22. The third-order valence-corrected chi connectivity index (χ3v) is 10.2. The Morgan fingerprint density at radius 3 is 1.21 bits per heavy atom. The SMILES string of the molecule is CC/C=C\C/C=C\C/C=C\C/C=C\C/C=C\C/C=C\CCCCC(=O)OC(CO)COCCCCCCCCCCCCCC/C=C\CCCCCCCCCC. The van der Waals surface area contributed by atoms with Crippen LogP contribution in [0.2, 0.25) is 0 Å². The van der Waals surface area contributed by atoms with Gasteiger partial charge in [0.15, 0.2) is 0 Å². The molecule has 0 radical (unpaired) electrons. The van der Waals surface area contributed by atoms with Gasteiger partial charge in [-0.15, -0.1) is 0 Å². The number of esters is 1. The molecule has 1 N–H and O–H groups in total. The van der Waals surface area contributed by atoms with Gasteiger partial charge in [-0.05, 0) is 89.9 Å². The number of allylic oxidation sites excluding steroid dienone is 14.